The minimum absolute atomic E-state index is 0.248. The van der Waals surface area contributed by atoms with E-state index in [-0.39, 0.29) is 12.4 Å². The monoisotopic (exact) mass is 455 g/mol. The van der Waals surface area contributed by atoms with Gasteiger partial charge in [-0.05, 0) is 53.9 Å². The van der Waals surface area contributed by atoms with Crippen LogP contribution in [0.5, 0.6) is 11.5 Å². The van der Waals surface area contributed by atoms with Gasteiger partial charge in [0.25, 0.3) is 0 Å². The molecule has 0 amide bonds. The van der Waals surface area contributed by atoms with Crippen LogP contribution in [0, 0.1) is 0 Å². The highest BCUT2D eigenvalue weighted by molar-refractivity contribution is 5.43. The lowest BCUT2D eigenvalue weighted by Crippen LogP contribution is -2.17. The van der Waals surface area contributed by atoms with E-state index in [0.717, 1.165) is 28.9 Å². The fourth-order valence-electron chi connectivity index (χ4n) is 3.55. The Hall–Kier alpha value is -3.52. The smallest absolute Gasteiger partial charge is 0.489 e. The molecule has 8 heteroatoms. The summed E-state index contributed by atoms with van der Waals surface area (Å²) in [4.78, 5) is 4.68. The van der Waals surface area contributed by atoms with E-state index in [9.17, 15) is 13.2 Å². The number of alkyl halides is 3. The van der Waals surface area contributed by atoms with Crippen LogP contribution in [0.1, 0.15) is 29.4 Å². The molecule has 2 aromatic carbocycles. The zero-order valence-corrected chi connectivity index (χ0v) is 18.1. The number of aromatic nitrogens is 2. The second-order valence-corrected chi connectivity index (χ2v) is 7.52. The zero-order valence-electron chi connectivity index (χ0n) is 18.1. The molecule has 5 nitrogen and oxygen atoms in total. The van der Waals surface area contributed by atoms with Gasteiger partial charge in [0, 0.05) is 19.3 Å². The van der Waals surface area contributed by atoms with Gasteiger partial charge in [-0.15, -0.1) is 13.2 Å². The fourth-order valence-corrected chi connectivity index (χ4v) is 3.55. The molecule has 0 atom stereocenters. The SMILES string of the molecule is CCc1nc2ccccn2c1CNCc1ccc(OCc2ccc(OC(F)(F)F)cc2)cc1. The number of halogens is 3. The maximum Gasteiger partial charge on any atom is 0.573 e. The molecule has 0 unspecified atom stereocenters. The minimum Gasteiger partial charge on any atom is -0.489 e. The third-order valence-corrected chi connectivity index (χ3v) is 5.15. The molecule has 0 saturated heterocycles. The number of nitrogens with one attached hydrogen (secondary N) is 1. The van der Waals surface area contributed by atoms with Gasteiger partial charge >= 0.3 is 6.36 Å². The number of pyridine rings is 1. The van der Waals surface area contributed by atoms with Gasteiger partial charge in [-0.2, -0.15) is 0 Å². The Kier molecular flexibility index (Phi) is 6.84. The Balaban J connectivity index is 1.28. The van der Waals surface area contributed by atoms with Gasteiger partial charge in [0.1, 0.15) is 23.8 Å². The standard InChI is InChI=1S/C25H24F3N3O2/c1-2-22-23(31-14-4-3-5-24(31)30-22)16-29-15-18-6-10-20(11-7-18)32-17-19-8-12-21(13-9-19)33-25(26,27)28/h3-14,29H,2,15-17H2,1H3. The predicted octanol–water partition coefficient (Wildman–Crippen LogP) is 5.66. The molecule has 33 heavy (non-hydrogen) atoms. The maximum absolute atomic E-state index is 12.2. The van der Waals surface area contributed by atoms with E-state index in [1.807, 2.05) is 48.7 Å². The minimum atomic E-state index is -4.69. The number of fused-ring (bicyclic) bond motifs is 1. The van der Waals surface area contributed by atoms with E-state index in [1.165, 1.54) is 17.8 Å². The number of imidazole rings is 1. The molecule has 0 saturated carbocycles. The molecule has 0 radical (unpaired) electrons. The van der Waals surface area contributed by atoms with Crippen molar-refractivity contribution in [2.75, 3.05) is 0 Å². The highest BCUT2D eigenvalue weighted by Gasteiger charge is 2.30. The third-order valence-electron chi connectivity index (χ3n) is 5.15. The highest BCUT2D eigenvalue weighted by atomic mass is 19.4. The topological polar surface area (TPSA) is 47.8 Å². The lowest BCUT2D eigenvalue weighted by Gasteiger charge is -2.11. The van der Waals surface area contributed by atoms with Crippen LogP contribution in [0.4, 0.5) is 13.2 Å². The summed E-state index contributed by atoms with van der Waals surface area (Å²) in [6.45, 7) is 3.76. The molecule has 0 aliphatic carbocycles. The van der Waals surface area contributed by atoms with Crippen LogP contribution in [-0.2, 0) is 26.1 Å². The molecule has 2 aromatic heterocycles. The normalized spacial score (nSPS) is 11.6. The molecule has 1 N–H and O–H groups in total. The van der Waals surface area contributed by atoms with E-state index in [4.69, 9.17) is 4.74 Å². The molecule has 4 aromatic rings. The summed E-state index contributed by atoms with van der Waals surface area (Å²) in [7, 11) is 0. The quantitative estimate of drug-likeness (QED) is 0.354. The van der Waals surface area contributed by atoms with Gasteiger partial charge in [0.05, 0.1) is 11.4 Å². The van der Waals surface area contributed by atoms with Crippen molar-refractivity contribution in [3.05, 3.63) is 95.4 Å². The van der Waals surface area contributed by atoms with Gasteiger partial charge in [-0.25, -0.2) is 4.98 Å². The first kappa shape index (κ1) is 22.7. The Morgan fingerprint density at radius 3 is 2.27 bits per heavy atom. The molecule has 4 rings (SSSR count). The van der Waals surface area contributed by atoms with Crippen LogP contribution in [0.3, 0.4) is 0 Å². The summed E-state index contributed by atoms with van der Waals surface area (Å²) < 4.78 is 48.4. The van der Waals surface area contributed by atoms with Crippen LogP contribution in [0.25, 0.3) is 5.65 Å². The summed E-state index contributed by atoms with van der Waals surface area (Å²) >= 11 is 0. The van der Waals surface area contributed by atoms with Crippen LogP contribution in [0.15, 0.2) is 72.9 Å². The van der Waals surface area contributed by atoms with Crippen LogP contribution >= 0.6 is 0 Å². The number of hydrogen-bond acceptors (Lipinski definition) is 4. The average molecular weight is 455 g/mol. The van der Waals surface area contributed by atoms with Crippen LogP contribution in [-0.4, -0.2) is 15.7 Å². The van der Waals surface area contributed by atoms with E-state index in [2.05, 4.69) is 26.4 Å². The first-order valence-electron chi connectivity index (χ1n) is 10.6. The van der Waals surface area contributed by atoms with E-state index in [0.29, 0.717) is 18.8 Å². The van der Waals surface area contributed by atoms with Crippen molar-refractivity contribution in [2.45, 2.75) is 39.4 Å². The lowest BCUT2D eigenvalue weighted by atomic mass is 10.2. The van der Waals surface area contributed by atoms with Crippen molar-refractivity contribution >= 4 is 5.65 Å². The van der Waals surface area contributed by atoms with E-state index < -0.39 is 6.36 Å². The van der Waals surface area contributed by atoms with Crippen molar-refractivity contribution in [3.63, 3.8) is 0 Å². The predicted molar refractivity (Wildman–Crippen MR) is 119 cm³/mol. The Morgan fingerprint density at radius 1 is 0.879 bits per heavy atom. The maximum atomic E-state index is 12.2. The van der Waals surface area contributed by atoms with Crippen molar-refractivity contribution < 1.29 is 22.6 Å². The number of benzene rings is 2. The number of rotatable bonds is 9. The van der Waals surface area contributed by atoms with Crippen molar-refractivity contribution in [2.24, 2.45) is 0 Å². The number of nitrogens with zero attached hydrogens (tertiary/aromatic N) is 2. The number of ether oxygens (including phenoxy) is 2. The molecule has 0 spiro atoms. The summed E-state index contributed by atoms with van der Waals surface area (Å²) in [6, 6.07) is 19.4. The molecule has 0 bridgehead atoms. The first-order chi connectivity index (χ1) is 15.9. The van der Waals surface area contributed by atoms with Gasteiger partial charge in [0.15, 0.2) is 0 Å². The Labute approximate surface area is 189 Å². The fraction of sp³-hybridized carbons (Fsp3) is 0.240. The molecule has 2 heterocycles. The number of aryl methyl sites for hydroxylation is 1. The summed E-state index contributed by atoms with van der Waals surface area (Å²) in [5.74, 6) is 0.433. The third kappa shape index (κ3) is 6.04. The van der Waals surface area contributed by atoms with Gasteiger partial charge in [-0.1, -0.05) is 37.3 Å². The molecule has 0 aliphatic heterocycles. The molecular weight excluding hydrogens is 431 g/mol. The van der Waals surface area contributed by atoms with Gasteiger partial charge in [0.2, 0.25) is 0 Å². The summed E-state index contributed by atoms with van der Waals surface area (Å²) in [5, 5.41) is 3.48. The van der Waals surface area contributed by atoms with Gasteiger partial charge < -0.3 is 19.2 Å². The Bertz CT molecular complexity index is 1190. The second-order valence-electron chi connectivity index (χ2n) is 7.52. The average Bonchev–Trinajstić information content (AvgIpc) is 3.16. The molecule has 172 valence electrons. The van der Waals surface area contributed by atoms with E-state index in [1.54, 1.807) is 12.1 Å². The van der Waals surface area contributed by atoms with Crippen LogP contribution in [0.2, 0.25) is 0 Å². The summed E-state index contributed by atoms with van der Waals surface area (Å²) in [5.41, 5.74) is 5.07. The molecular formula is C25H24F3N3O2. The van der Waals surface area contributed by atoms with Crippen molar-refractivity contribution in [3.8, 4) is 11.5 Å². The first-order valence-corrected chi connectivity index (χ1v) is 10.6. The van der Waals surface area contributed by atoms with Gasteiger partial charge in [-0.3, -0.25) is 0 Å². The summed E-state index contributed by atoms with van der Waals surface area (Å²) in [6.07, 6.45) is -1.79. The highest BCUT2D eigenvalue weighted by Crippen LogP contribution is 2.23. The van der Waals surface area contributed by atoms with Crippen LogP contribution < -0.4 is 14.8 Å². The van der Waals surface area contributed by atoms with E-state index >= 15 is 0 Å². The zero-order chi connectivity index (χ0) is 23.3. The van der Waals surface area contributed by atoms with Crippen molar-refractivity contribution in [1.29, 1.82) is 0 Å². The molecule has 0 fully saturated rings. The second kappa shape index (κ2) is 9.95. The largest absolute Gasteiger partial charge is 0.573 e. The Morgan fingerprint density at radius 2 is 1.58 bits per heavy atom. The van der Waals surface area contributed by atoms with Crippen molar-refractivity contribution in [1.82, 2.24) is 14.7 Å². The number of hydrogen-bond donors (Lipinski definition) is 1. The lowest BCUT2D eigenvalue weighted by molar-refractivity contribution is -0.274. The molecule has 0 aliphatic rings.